The lowest BCUT2D eigenvalue weighted by Gasteiger charge is -2.04. The zero-order valence-electron chi connectivity index (χ0n) is 17.2. The van der Waals surface area contributed by atoms with E-state index >= 15 is 0 Å². The average molecular weight is 446 g/mol. The highest BCUT2D eigenvalue weighted by molar-refractivity contribution is 6.01. The van der Waals surface area contributed by atoms with Crippen LogP contribution in [0.15, 0.2) is 42.7 Å². The second-order valence-corrected chi connectivity index (χ2v) is 5.64. The van der Waals surface area contributed by atoms with Crippen molar-refractivity contribution < 1.29 is 38.4 Å². The summed E-state index contributed by atoms with van der Waals surface area (Å²) in [6.45, 7) is 0. The first kappa shape index (κ1) is 25.4. The van der Waals surface area contributed by atoms with E-state index in [1.54, 1.807) is 6.07 Å². The van der Waals surface area contributed by atoms with Crippen molar-refractivity contribution in [2.24, 2.45) is 0 Å². The van der Waals surface area contributed by atoms with Gasteiger partial charge < -0.3 is 14.2 Å². The highest BCUT2D eigenvalue weighted by atomic mass is 16.6. The fraction of sp³-hybridized carbons (Fsp3) is 0.150. The van der Waals surface area contributed by atoms with Crippen LogP contribution in [-0.2, 0) is 14.2 Å². The average Bonchev–Trinajstić information content (AvgIpc) is 2.80. The third-order valence-corrected chi connectivity index (χ3v) is 3.83. The molecule has 2 aromatic carbocycles. The summed E-state index contributed by atoms with van der Waals surface area (Å²) in [4.78, 5) is 53.4. The Hall–Kier alpha value is -4.61. The van der Waals surface area contributed by atoms with E-state index < -0.39 is 27.5 Å². The van der Waals surface area contributed by atoms with Crippen molar-refractivity contribution in [1.29, 1.82) is 0 Å². The quantitative estimate of drug-likeness (QED) is 0.203. The van der Waals surface area contributed by atoms with Gasteiger partial charge in [-0.25, -0.2) is 9.59 Å². The molecule has 0 aliphatic heterocycles. The van der Waals surface area contributed by atoms with Crippen molar-refractivity contribution in [1.82, 2.24) is 0 Å². The molecule has 2 aromatic rings. The number of benzene rings is 2. The molecule has 32 heavy (non-hydrogen) atoms. The van der Waals surface area contributed by atoms with E-state index in [1.165, 1.54) is 50.8 Å². The summed E-state index contributed by atoms with van der Waals surface area (Å²) in [6.07, 6.45) is 3.16. The number of nitro benzene ring substituents is 2. The van der Waals surface area contributed by atoms with Gasteiger partial charge in [0.2, 0.25) is 0 Å². The molecule has 2 rings (SSSR count). The highest BCUT2D eigenvalue weighted by Gasteiger charge is 2.24. The fourth-order valence-electron chi connectivity index (χ4n) is 2.45. The summed E-state index contributed by atoms with van der Waals surface area (Å²) in [6, 6.07) is 8.07. The minimum absolute atomic E-state index is 0.0592. The molecular weight excluding hydrogens is 428 g/mol. The lowest BCUT2D eigenvalue weighted by Crippen LogP contribution is -2.09. The summed E-state index contributed by atoms with van der Waals surface area (Å²) in [5.74, 6) is -1.66. The number of hydrogen-bond donors (Lipinski definition) is 0. The number of carbonyl (C=O) groups excluding carboxylic acids is 3. The predicted octanol–water partition coefficient (Wildman–Crippen LogP) is 3.19. The van der Waals surface area contributed by atoms with Crippen molar-refractivity contribution in [2.75, 3.05) is 21.3 Å². The van der Waals surface area contributed by atoms with Crippen LogP contribution in [0, 0.1) is 20.2 Å². The lowest BCUT2D eigenvalue weighted by atomic mass is 10.1. The van der Waals surface area contributed by atoms with E-state index in [4.69, 9.17) is 4.74 Å². The molecule has 12 nitrogen and oxygen atoms in total. The zero-order chi connectivity index (χ0) is 24.3. The maximum absolute atomic E-state index is 11.5. The number of carbonyl (C=O) groups is 3. The van der Waals surface area contributed by atoms with Crippen molar-refractivity contribution in [3.05, 3.63) is 85.1 Å². The van der Waals surface area contributed by atoms with E-state index in [9.17, 15) is 34.6 Å². The topological polar surface area (TPSA) is 165 Å². The van der Waals surface area contributed by atoms with Crippen LogP contribution in [0.1, 0.15) is 36.6 Å². The SMILES string of the molecule is CO/C=C/c1cccc([N+](=O)[O-])c1C(=O)OC.COC(=O)c1c(C=O)cccc1[N+](=O)[O-]. The molecule has 0 bridgehead atoms. The number of methoxy groups -OCH3 is 3. The van der Waals surface area contributed by atoms with Gasteiger partial charge in [0.05, 0.1) is 37.4 Å². The van der Waals surface area contributed by atoms with Gasteiger partial charge in [-0.3, -0.25) is 25.0 Å². The standard InChI is InChI=1S/C11H11NO5.C9H7NO5/c1-16-7-6-8-4-3-5-9(12(14)15)10(8)11(13)17-2;1-15-9(12)8-6(5-11)3-2-4-7(8)10(13)14/h3-7H,1-2H3;2-5H,1H3/b7-6+;. The summed E-state index contributed by atoms with van der Waals surface area (Å²) in [5, 5.41) is 21.4. The van der Waals surface area contributed by atoms with Gasteiger partial charge in [-0.2, -0.15) is 0 Å². The first-order chi connectivity index (χ1) is 15.2. The molecule has 0 fully saturated rings. The van der Waals surface area contributed by atoms with Crippen LogP contribution in [0.4, 0.5) is 11.4 Å². The molecule has 168 valence electrons. The smallest absolute Gasteiger partial charge is 0.345 e. The molecule has 0 aliphatic carbocycles. The summed E-state index contributed by atoms with van der Waals surface area (Å²) >= 11 is 0. The third-order valence-electron chi connectivity index (χ3n) is 3.83. The molecule has 0 amide bonds. The third kappa shape index (κ3) is 6.19. The van der Waals surface area contributed by atoms with Gasteiger partial charge in [0, 0.05) is 17.7 Å². The maximum atomic E-state index is 11.5. The first-order valence-corrected chi connectivity index (χ1v) is 8.59. The van der Waals surface area contributed by atoms with Gasteiger partial charge in [-0.15, -0.1) is 0 Å². The molecule has 0 unspecified atom stereocenters. The molecule has 0 aliphatic rings. The molecule has 0 saturated carbocycles. The minimum Gasteiger partial charge on any atom is -0.504 e. The van der Waals surface area contributed by atoms with Crippen LogP contribution < -0.4 is 0 Å². The second-order valence-electron chi connectivity index (χ2n) is 5.64. The van der Waals surface area contributed by atoms with Gasteiger partial charge >= 0.3 is 11.9 Å². The Kier molecular flexibility index (Phi) is 9.67. The number of nitro groups is 2. The molecule has 0 N–H and O–H groups in total. The van der Waals surface area contributed by atoms with Gasteiger partial charge in [0.25, 0.3) is 11.4 Å². The van der Waals surface area contributed by atoms with Crippen molar-refractivity contribution in [2.45, 2.75) is 0 Å². The molecule has 0 aromatic heterocycles. The minimum atomic E-state index is -0.899. The molecule has 0 spiro atoms. The number of aldehydes is 1. The maximum Gasteiger partial charge on any atom is 0.345 e. The normalized spacial score (nSPS) is 9.84. The molecule has 12 heteroatoms. The Balaban J connectivity index is 0.000000323. The number of rotatable bonds is 7. The zero-order valence-corrected chi connectivity index (χ0v) is 17.2. The van der Waals surface area contributed by atoms with Crippen molar-refractivity contribution in [3.63, 3.8) is 0 Å². The van der Waals surface area contributed by atoms with Gasteiger partial charge in [0.1, 0.15) is 11.1 Å². The van der Waals surface area contributed by atoms with Crippen molar-refractivity contribution >= 4 is 35.7 Å². The lowest BCUT2D eigenvalue weighted by molar-refractivity contribution is -0.385. The van der Waals surface area contributed by atoms with E-state index in [-0.39, 0.29) is 22.4 Å². The number of ether oxygens (including phenoxy) is 3. The largest absolute Gasteiger partial charge is 0.504 e. The molecule has 0 saturated heterocycles. The highest BCUT2D eigenvalue weighted by Crippen LogP contribution is 2.24. The summed E-state index contributed by atoms with van der Waals surface area (Å²) in [7, 11) is 3.70. The Morgan fingerprint density at radius 1 is 0.812 bits per heavy atom. The number of hydrogen-bond acceptors (Lipinski definition) is 10. The molecule has 0 heterocycles. The predicted molar refractivity (Wildman–Crippen MR) is 110 cm³/mol. The van der Waals surface area contributed by atoms with Crippen LogP contribution in [0.5, 0.6) is 0 Å². The fourth-order valence-corrected chi connectivity index (χ4v) is 2.45. The monoisotopic (exact) mass is 446 g/mol. The van der Waals surface area contributed by atoms with Gasteiger partial charge in [-0.05, 0) is 11.6 Å². The van der Waals surface area contributed by atoms with Gasteiger partial charge in [-0.1, -0.05) is 24.3 Å². The molecular formula is C20H18N2O10. The Morgan fingerprint density at radius 2 is 1.25 bits per heavy atom. The summed E-state index contributed by atoms with van der Waals surface area (Å²) < 4.78 is 13.6. The van der Waals surface area contributed by atoms with Crippen molar-refractivity contribution in [3.8, 4) is 0 Å². The van der Waals surface area contributed by atoms with E-state index in [2.05, 4.69) is 9.47 Å². The first-order valence-electron chi connectivity index (χ1n) is 8.59. The van der Waals surface area contributed by atoms with Crippen LogP contribution in [-0.4, -0.2) is 49.4 Å². The van der Waals surface area contributed by atoms with E-state index in [0.29, 0.717) is 11.8 Å². The van der Waals surface area contributed by atoms with Crippen LogP contribution in [0.25, 0.3) is 6.08 Å². The second kappa shape index (κ2) is 12.2. The number of esters is 2. The summed E-state index contributed by atoms with van der Waals surface area (Å²) in [5.41, 5.74) is -0.834. The Bertz CT molecular complexity index is 1060. The van der Waals surface area contributed by atoms with Crippen LogP contribution in [0.3, 0.4) is 0 Å². The van der Waals surface area contributed by atoms with E-state index in [1.807, 2.05) is 0 Å². The Labute approximate surface area is 181 Å². The van der Waals surface area contributed by atoms with Gasteiger partial charge in [0.15, 0.2) is 6.29 Å². The van der Waals surface area contributed by atoms with Crippen LogP contribution >= 0.6 is 0 Å². The van der Waals surface area contributed by atoms with Crippen LogP contribution in [0.2, 0.25) is 0 Å². The van der Waals surface area contributed by atoms with E-state index in [0.717, 1.165) is 13.2 Å². The number of nitrogens with zero attached hydrogens (tertiary/aromatic N) is 2. The Morgan fingerprint density at radius 3 is 1.62 bits per heavy atom. The molecule has 0 radical (unpaired) electrons. The molecule has 0 atom stereocenters.